The molecule has 21 heavy (non-hydrogen) atoms. The van der Waals surface area contributed by atoms with Gasteiger partial charge in [-0.25, -0.2) is 0 Å². The van der Waals surface area contributed by atoms with Crippen LogP contribution in [0.25, 0.3) is 0 Å². The highest BCUT2D eigenvalue weighted by atomic mass is 32.2. The number of thioether (sulfide) groups is 1. The molecule has 2 aromatic rings. The Bertz CT molecular complexity index is 597. The van der Waals surface area contributed by atoms with E-state index in [1.807, 2.05) is 24.3 Å². The molecule has 0 fully saturated rings. The maximum absolute atomic E-state index is 11.3. The van der Waals surface area contributed by atoms with Gasteiger partial charge in [-0.05, 0) is 24.6 Å². The summed E-state index contributed by atoms with van der Waals surface area (Å²) in [5.74, 6) is 0.974. The van der Waals surface area contributed by atoms with Crippen LogP contribution in [0.15, 0.2) is 33.9 Å². The molecule has 2 rings (SSSR count). The molecule has 1 heterocycles. The van der Waals surface area contributed by atoms with Crippen LogP contribution in [0.4, 0.5) is 0 Å². The monoisotopic (exact) mass is 308 g/mol. The van der Waals surface area contributed by atoms with Gasteiger partial charge in [0.15, 0.2) is 0 Å². The highest BCUT2D eigenvalue weighted by Crippen LogP contribution is 2.23. The SMILES string of the molecule is COC(=O)C(C)Sc1nnc(Cc2ccc(OC)cc2)o1. The van der Waals surface area contributed by atoms with Crippen LogP contribution in [0.5, 0.6) is 5.75 Å². The van der Waals surface area contributed by atoms with Crippen LogP contribution in [-0.4, -0.2) is 35.6 Å². The Kier molecular flexibility index (Phi) is 5.21. The fourth-order valence-corrected chi connectivity index (χ4v) is 2.37. The number of carbonyl (C=O) groups excluding carboxylic acids is 1. The minimum absolute atomic E-state index is 0.324. The van der Waals surface area contributed by atoms with E-state index in [2.05, 4.69) is 14.9 Å². The molecular weight excluding hydrogens is 292 g/mol. The summed E-state index contributed by atoms with van der Waals surface area (Å²) in [6.45, 7) is 1.73. The average Bonchev–Trinajstić information content (AvgIpc) is 2.94. The first-order valence-electron chi connectivity index (χ1n) is 6.32. The van der Waals surface area contributed by atoms with Gasteiger partial charge >= 0.3 is 5.97 Å². The van der Waals surface area contributed by atoms with Crippen molar-refractivity contribution in [3.8, 4) is 5.75 Å². The van der Waals surface area contributed by atoms with Gasteiger partial charge < -0.3 is 13.9 Å². The largest absolute Gasteiger partial charge is 0.497 e. The highest BCUT2D eigenvalue weighted by Gasteiger charge is 2.18. The van der Waals surface area contributed by atoms with Crippen molar-refractivity contribution in [3.63, 3.8) is 0 Å². The molecule has 0 saturated carbocycles. The summed E-state index contributed by atoms with van der Waals surface area (Å²) < 4.78 is 15.3. The number of hydrogen-bond donors (Lipinski definition) is 0. The molecule has 0 bridgehead atoms. The van der Waals surface area contributed by atoms with Crippen molar-refractivity contribution >= 4 is 17.7 Å². The van der Waals surface area contributed by atoms with E-state index in [0.29, 0.717) is 17.5 Å². The van der Waals surface area contributed by atoms with Crippen molar-refractivity contribution in [2.45, 2.75) is 23.8 Å². The lowest BCUT2D eigenvalue weighted by atomic mass is 10.1. The van der Waals surface area contributed by atoms with Crippen LogP contribution in [0.2, 0.25) is 0 Å². The Labute approximate surface area is 126 Å². The Hall–Kier alpha value is -2.02. The van der Waals surface area contributed by atoms with Crippen LogP contribution in [-0.2, 0) is 16.0 Å². The van der Waals surface area contributed by atoms with E-state index in [0.717, 1.165) is 11.3 Å². The number of rotatable bonds is 6. The van der Waals surface area contributed by atoms with Gasteiger partial charge in [0, 0.05) is 0 Å². The number of esters is 1. The van der Waals surface area contributed by atoms with Gasteiger partial charge in [-0.3, -0.25) is 4.79 Å². The van der Waals surface area contributed by atoms with Crippen molar-refractivity contribution in [2.24, 2.45) is 0 Å². The van der Waals surface area contributed by atoms with Gasteiger partial charge in [0.1, 0.15) is 11.0 Å². The first-order valence-corrected chi connectivity index (χ1v) is 7.20. The molecule has 0 N–H and O–H groups in total. The number of hydrogen-bond acceptors (Lipinski definition) is 7. The normalized spacial score (nSPS) is 12.0. The van der Waals surface area contributed by atoms with Crippen molar-refractivity contribution in [1.29, 1.82) is 0 Å². The molecule has 0 aliphatic carbocycles. The Morgan fingerprint density at radius 1 is 1.29 bits per heavy atom. The van der Waals surface area contributed by atoms with Crippen molar-refractivity contribution in [2.75, 3.05) is 14.2 Å². The third-order valence-corrected chi connectivity index (χ3v) is 3.69. The van der Waals surface area contributed by atoms with Gasteiger partial charge in [0.05, 0.1) is 20.6 Å². The number of methoxy groups -OCH3 is 2. The Morgan fingerprint density at radius 3 is 2.62 bits per heavy atom. The third kappa shape index (κ3) is 4.22. The molecular formula is C14H16N2O4S. The van der Waals surface area contributed by atoms with E-state index < -0.39 is 0 Å². The smallest absolute Gasteiger partial charge is 0.319 e. The zero-order valence-corrected chi connectivity index (χ0v) is 12.8. The summed E-state index contributed by atoms with van der Waals surface area (Å²) in [7, 11) is 2.97. The predicted molar refractivity (Wildman–Crippen MR) is 77.4 cm³/mol. The minimum Gasteiger partial charge on any atom is -0.497 e. The summed E-state index contributed by atoms with van der Waals surface area (Å²) in [5, 5.41) is 7.86. The first kappa shape index (κ1) is 15.4. The fraction of sp³-hybridized carbons (Fsp3) is 0.357. The molecule has 0 spiro atoms. The topological polar surface area (TPSA) is 74.5 Å². The Balaban J connectivity index is 1.97. The van der Waals surface area contributed by atoms with Gasteiger partial charge in [-0.15, -0.1) is 10.2 Å². The van der Waals surface area contributed by atoms with E-state index in [1.165, 1.54) is 18.9 Å². The first-order chi connectivity index (χ1) is 10.1. The second kappa shape index (κ2) is 7.12. The third-order valence-electron chi connectivity index (χ3n) is 2.77. The number of aromatic nitrogens is 2. The van der Waals surface area contributed by atoms with Crippen LogP contribution in [0, 0.1) is 0 Å². The molecule has 7 heteroatoms. The van der Waals surface area contributed by atoms with Crippen LogP contribution in [0.3, 0.4) is 0 Å². The lowest BCUT2D eigenvalue weighted by molar-refractivity contribution is -0.139. The predicted octanol–water partition coefficient (Wildman–Crippen LogP) is 2.32. The molecule has 1 aromatic carbocycles. The van der Waals surface area contributed by atoms with Crippen molar-refractivity contribution < 1.29 is 18.7 Å². The van der Waals surface area contributed by atoms with E-state index in [-0.39, 0.29) is 11.2 Å². The maximum Gasteiger partial charge on any atom is 0.319 e. The summed E-state index contributed by atoms with van der Waals surface area (Å²) >= 11 is 1.18. The van der Waals surface area contributed by atoms with Crippen molar-refractivity contribution in [3.05, 3.63) is 35.7 Å². The van der Waals surface area contributed by atoms with Gasteiger partial charge in [-0.2, -0.15) is 0 Å². The summed E-state index contributed by atoms with van der Waals surface area (Å²) in [5.41, 5.74) is 1.04. The zero-order valence-electron chi connectivity index (χ0n) is 12.0. The lowest BCUT2D eigenvalue weighted by Gasteiger charge is -2.04. The molecule has 112 valence electrons. The summed E-state index contributed by atoms with van der Waals surface area (Å²) in [4.78, 5) is 11.3. The standard InChI is InChI=1S/C14H16N2O4S/c1-9(13(17)19-3)21-14-16-15-12(20-14)8-10-4-6-11(18-2)7-5-10/h4-7,9H,8H2,1-3H3. The Morgan fingerprint density at radius 2 is 2.00 bits per heavy atom. The number of nitrogens with zero attached hydrogens (tertiary/aromatic N) is 2. The molecule has 6 nitrogen and oxygen atoms in total. The van der Waals surface area contributed by atoms with E-state index in [4.69, 9.17) is 9.15 Å². The average molecular weight is 308 g/mol. The maximum atomic E-state index is 11.3. The molecule has 0 aliphatic rings. The number of ether oxygens (including phenoxy) is 2. The molecule has 1 atom stereocenters. The summed E-state index contributed by atoms with van der Waals surface area (Å²) in [6, 6.07) is 7.63. The lowest BCUT2D eigenvalue weighted by Crippen LogP contribution is -2.14. The van der Waals surface area contributed by atoms with Gasteiger partial charge in [0.25, 0.3) is 5.22 Å². The molecule has 1 unspecified atom stereocenters. The highest BCUT2D eigenvalue weighted by molar-refractivity contribution is 8.00. The van der Waals surface area contributed by atoms with E-state index in [1.54, 1.807) is 14.0 Å². The quantitative estimate of drug-likeness (QED) is 0.599. The summed E-state index contributed by atoms with van der Waals surface area (Å²) in [6.07, 6.45) is 0.532. The molecule has 0 saturated heterocycles. The number of carbonyl (C=O) groups is 1. The fourth-order valence-electron chi connectivity index (χ4n) is 1.64. The van der Waals surface area contributed by atoms with Crippen LogP contribution in [0.1, 0.15) is 18.4 Å². The van der Waals surface area contributed by atoms with E-state index in [9.17, 15) is 4.79 Å². The van der Waals surface area contributed by atoms with Crippen LogP contribution >= 0.6 is 11.8 Å². The molecule has 1 aromatic heterocycles. The molecule has 0 radical (unpaired) electrons. The van der Waals surface area contributed by atoms with Crippen LogP contribution < -0.4 is 4.74 Å². The van der Waals surface area contributed by atoms with Gasteiger partial charge in [-0.1, -0.05) is 23.9 Å². The van der Waals surface area contributed by atoms with E-state index >= 15 is 0 Å². The minimum atomic E-state index is -0.385. The second-order valence-electron chi connectivity index (χ2n) is 4.27. The molecule has 0 aliphatic heterocycles. The van der Waals surface area contributed by atoms with Crippen molar-refractivity contribution in [1.82, 2.24) is 10.2 Å². The molecule has 0 amide bonds. The van der Waals surface area contributed by atoms with Gasteiger partial charge in [0.2, 0.25) is 5.89 Å². The zero-order chi connectivity index (χ0) is 15.2. The number of benzene rings is 1. The second-order valence-corrected chi connectivity index (χ2v) is 5.56.